The van der Waals surface area contributed by atoms with Crippen molar-refractivity contribution in [3.8, 4) is 0 Å². The molecule has 0 fully saturated rings. The molecule has 20 heavy (non-hydrogen) atoms. The molecule has 0 aliphatic heterocycles. The summed E-state index contributed by atoms with van der Waals surface area (Å²) in [6.45, 7) is 7.59. The summed E-state index contributed by atoms with van der Waals surface area (Å²) in [7, 11) is 0. The van der Waals surface area contributed by atoms with Crippen LogP contribution in [0.2, 0.25) is 0 Å². The molecule has 1 aromatic carbocycles. The average molecular weight is 357 g/mol. The molecule has 1 N–H and O–H groups in total. The minimum Gasteiger partial charge on any atom is -0.479 e. The summed E-state index contributed by atoms with van der Waals surface area (Å²) in [5.41, 5.74) is 0.602. The van der Waals surface area contributed by atoms with Crippen LogP contribution in [0.4, 0.5) is 0 Å². The maximum absolute atomic E-state index is 11.6. The van der Waals surface area contributed by atoms with Crippen LogP contribution in [0.5, 0.6) is 0 Å². The Morgan fingerprint density at radius 3 is 2.55 bits per heavy atom. The van der Waals surface area contributed by atoms with E-state index in [2.05, 4.69) is 15.9 Å². The molecule has 0 radical (unpaired) electrons. The number of hydrogen-bond donors (Lipinski definition) is 1. The number of ether oxygens (including phenoxy) is 1. The number of carboxylic acids is 1. The summed E-state index contributed by atoms with van der Waals surface area (Å²) in [4.78, 5) is 12.3. The minimum absolute atomic E-state index is 0.520. The van der Waals surface area contributed by atoms with Crippen molar-refractivity contribution in [1.82, 2.24) is 0 Å². The molecule has 0 amide bonds. The lowest BCUT2D eigenvalue weighted by Gasteiger charge is -2.24. The standard InChI is InChI=1S/C15H17BrO3S/c1-8-6-5-7-9-10(8)11(16)13(20-9)12(14(17)18)19-15(2,3)4/h5-7,12H,1-4H3,(H,17,18). The maximum Gasteiger partial charge on any atom is 0.338 e. The van der Waals surface area contributed by atoms with Gasteiger partial charge in [0.2, 0.25) is 0 Å². The Kier molecular flexibility index (Phi) is 4.23. The van der Waals surface area contributed by atoms with Crippen LogP contribution >= 0.6 is 27.3 Å². The Bertz CT molecular complexity index is 655. The van der Waals surface area contributed by atoms with E-state index < -0.39 is 17.7 Å². The van der Waals surface area contributed by atoms with E-state index in [1.54, 1.807) is 0 Å². The van der Waals surface area contributed by atoms with Crippen LogP contribution in [0.1, 0.15) is 37.3 Å². The Balaban J connectivity index is 2.57. The summed E-state index contributed by atoms with van der Waals surface area (Å²) in [6, 6.07) is 5.99. The molecule has 3 nitrogen and oxygen atoms in total. The third-order valence-electron chi connectivity index (χ3n) is 2.82. The molecule has 0 saturated heterocycles. The summed E-state index contributed by atoms with van der Waals surface area (Å²) in [5, 5.41) is 10.5. The highest BCUT2D eigenvalue weighted by Gasteiger charge is 2.31. The van der Waals surface area contributed by atoms with E-state index in [4.69, 9.17) is 4.74 Å². The van der Waals surface area contributed by atoms with Gasteiger partial charge < -0.3 is 9.84 Å². The number of carbonyl (C=O) groups is 1. The second-order valence-corrected chi connectivity index (χ2v) is 7.55. The van der Waals surface area contributed by atoms with Crippen LogP contribution < -0.4 is 0 Å². The predicted molar refractivity (Wildman–Crippen MR) is 85.5 cm³/mol. The van der Waals surface area contributed by atoms with Gasteiger partial charge in [0, 0.05) is 14.6 Å². The molecule has 1 aromatic heterocycles. The second kappa shape index (κ2) is 5.47. The summed E-state index contributed by atoms with van der Waals surface area (Å²) >= 11 is 5.01. The molecular weight excluding hydrogens is 340 g/mol. The topological polar surface area (TPSA) is 46.5 Å². The lowest BCUT2D eigenvalue weighted by molar-refractivity contribution is -0.160. The van der Waals surface area contributed by atoms with Gasteiger partial charge in [0.05, 0.1) is 10.5 Å². The SMILES string of the molecule is Cc1cccc2sc(C(OC(C)(C)C)C(=O)O)c(Br)c12. The zero-order valence-electron chi connectivity index (χ0n) is 11.9. The van der Waals surface area contributed by atoms with Crippen LogP contribution in [0.25, 0.3) is 10.1 Å². The number of thiophene rings is 1. The highest BCUT2D eigenvalue weighted by Crippen LogP contribution is 2.42. The van der Waals surface area contributed by atoms with Crippen molar-refractivity contribution < 1.29 is 14.6 Å². The van der Waals surface area contributed by atoms with Gasteiger partial charge in [-0.2, -0.15) is 0 Å². The summed E-state index contributed by atoms with van der Waals surface area (Å²) in [5.74, 6) is -0.968. The van der Waals surface area contributed by atoms with Crippen molar-refractivity contribution in [1.29, 1.82) is 0 Å². The van der Waals surface area contributed by atoms with Gasteiger partial charge in [-0.3, -0.25) is 0 Å². The van der Waals surface area contributed by atoms with Crippen LogP contribution in [0.3, 0.4) is 0 Å². The molecule has 0 spiro atoms. The number of fused-ring (bicyclic) bond motifs is 1. The molecular formula is C15H17BrO3S. The molecule has 2 rings (SSSR count). The van der Waals surface area contributed by atoms with Crippen molar-refractivity contribution in [3.05, 3.63) is 33.1 Å². The van der Waals surface area contributed by atoms with E-state index in [9.17, 15) is 9.90 Å². The number of carboxylic acid groups (broad SMARTS) is 1. The van der Waals surface area contributed by atoms with Gasteiger partial charge in [-0.05, 0) is 55.3 Å². The maximum atomic E-state index is 11.6. The van der Waals surface area contributed by atoms with Gasteiger partial charge in [-0.25, -0.2) is 4.79 Å². The number of halogens is 1. The van der Waals surface area contributed by atoms with Gasteiger partial charge >= 0.3 is 5.97 Å². The largest absolute Gasteiger partial charge is 0.479 e. The van der Waals surface area contributed by atoms with Crippen LogP contribution in [-0.4, -0.2) is 16.7 Å². The Morgan fingerprint density at radius 1 is 1.40 bits per heavy atom. The van der Waals surface area contributed by atoms with Gasteiger partial charge in [0.1, 0.15) is 0 Å². The fourth-order valence-corrected chi connectivity index (χ4v) is 4.34. The van der Waals surface area contributed by atoms with Crippen LogP contribution in [0, 0.1) is 6.92 Å². The highest BCUT2D eigenvalue weighted by molar-refractivity contribution is 9.10. The zero-order chi connectivity index (χ0) is 15.1. The molecule has 0 aliphatic carbocycles. The number of aryl methyl sites for hydroxylation is 1. The van der Waals surface area contributed by atoms with Crippen LogP contribution in [-0.2, 0) is 9.53 Å². The Morgan fingerprint density at radius 2 is 2.05 bits per heavy atom. The van der Waals surface area contributed by atoms with E-state index in [0.717, 1.165) is 20.1 Å². The zero-order valence-corrected chi connectivity index (χ0v) is 14.3. The van der Waals surface area contributed by atoms with Gasteiger partial charge in [-0.15, -0.1) is 11.3 Å². The van der Waals surface area contributed by atoms with E-state index in [0.29, 0.717) is 4.88 Å². The van der Waals surface area contributed by atoms with Crippen molar-refractivity contribution in [2.24, 2.45) is 0 Å². The lowest BCUT2D eigenvalue weighted by Crippen LogP contribution is -2.26. The summed E-state index contributed by atoms with van der Waals surface area (Å²) in [6.07, 6.45) is -0.957. The molecule has 0 saturated carbocycles. The molecule has 1 atom stereocenters. The second-order valence-electron chi connectivity index (χ2n) is 5.68. The Hall–Kier alpha value is -0.910. The number of aliphatic carboxylic acids is 1. The predicted octanol–water partition coefficient (Wildman–Crippen LogP) is 4.91. The number of benzene rings is 1. The Labute approximate surface area is 130 Å². The van der Waals surface area contributed by atoms with Crippen molar-refractivity contribution in [2.75, 3.05) is 0 Å². The monoisotopic (exact) mass is 356 g/mol. The minimum atomic E-state index is -0.968. The first-order chi connectivity index (χ1) is 9.20. The molecule has 1 heterocycles. The third kappa shape index (κ3) is 3.05. The van der Waals surface area contributed by atoms with Gasteiger partial charge in [0.15, 0.2) is 6.10 Å². The normalized spacial score (nSPS) is 13.7. The lowest BCUT2D eigenvalue weighted by atomic mass is 10.1. The van der Waals surface area contributed by atoms with E-state index in [1.165, 1.54) is 11.3 Å². The first-order valence-corrected chi connectivity index (χ1v) is 7.90. The van der Waals surface area contributed by atoms with Gasteiger partial charge in [-0.1, -0.05) is 12.1 Å². The molecule has 0 bridgehead atoms. The number of rotatable bonds is 3. The molecule has 108 valence electrons. The smallest absolute Gasteiger partial charge is 0.338 e. The average Bonchev–Trinajstić information content (AvgIpc) is 2.63. The van der Waals surface area contributed by atoms with E-state index in [1.807, 2.05) is 45.9 Å². The first-order valence-electron chi connectivity index (χ1n) is 6.29. The summed E-state index contributed by atoms with van der Waals surface area (Å²) < 4.78 is 7.61. The van der Waals surface area contributed by atoms with Gasteiger partial charge in [0.25, 0.3) is 0 Å². The molecule has 0 aliphatic rings. The molecule has 1 unspecified atom stereocenters. The third-order valence-corrected chi connectivity index (χ3v) is 5.11. The first kappa shape index (κ1) is 15.5. The molecule has 2 aromatic rings. The fourth-order valence-electron chi connectivity index (χ4n) is 2.03. The van der Waals surface area contributed by atoms with Crippen molar-refractivity contribution >= 4 is 43.3 Å². The van der Waals surface area contributed by atoms with E-state index in [-0.39, 0.29) is 0 Å². The fraction of sp³-hybridized carbons (Fsp3) is 0.400. The van der Waals surface area contributed by atoms with Crippen molar-refractivity contribution in [2.45, 2.75) is 39.4 Å². The van der Waals surface area contributed by atoms with Crippen molar-refractivity contribution in [3.63, 3.8) is 0 Å². The van der Waals surface area contributed by atoms with Crippen LogP contribution in [0.15, 0.2) is 22.7 Å². The van der Waals surface area contributed by atoms with E-state index >= 15 is 0 Å². The quantitative estimate of drug-likeness (QED) is 0.849. The number of hydrogen-bond acceptors (Lipinski definition) is 3. The highest BCUT2D eigenvalue weighted by atomic mass is 79.9. The molecule has 5 heteroatoms.